The van der Waals surface area contributed by atoms with Crippen LogP contribution in [-0.4, -0.2) is 20.4 Å². The predicted molar refractivity (Wildman–Crippen MR) is 101 cm³/mol. The highest BCUT2D eigenvalue weighted by molar-refractivity contribution is 7.92. The SMILES string of the molecule is CCCCc1ccc(NS(=O)(=O)c2ccc3c(c2)NC(=O)C(C)O3)cc1. The number of amides is 1. The maximum absolute atomic E-state index is 12.6. The molecule has 7 heteroatoms. The van der Waals surface area contributed by atoms with Crippen molar-refractivity contribution in [2.75, 3.05) is 10.0 Å². The molecule has 0 aromatic heterocycles. The molecule has 6 nitrogen and oxygen atoms in total. The Kier molecular flexibility index (Phi) is 5.18. The largest absolute Gasteiger partial charge is 0.479 e. The molecular weight excluding hydrogens is 352 g/mol. The molecular formula is C19H22N2O4S. The average molecular weight is 374 g/mol. The summed E-state index contributed by atoms with van der Waals surface area (Å²) in [5, 5.41) is 2.66. The first kappa shape index (κ1) is 18.3. The quantitative estimate of drug-likeness (QED) is 0.810. The van der Waals surface area contributed by atoms with Crippen molar-refractivity contribution < 1.29 is 17.9 Å². The lowest BCUT2D eigenvalue weighted by molar-refractivity contribution is -0.122. The van der Waals surface area contributed by atoms with Gasteiger partial charge in [-0.05, 0) is 55.7 Å². The van der Waals surface area contributed by atoms with Crippen molar-refractivity contribution in [1.82, 2.24) is 0 Å². The van der Waals surface area contributed by atoms with Gasteiger partial charge >= 0.3 is 0 Å². The molecule has 2 N–H and O–H groups in total. The lowest BCUT2D eigenvalue weighted by Gasteiger charge is -2.23. The number of carbonyl (C=O) groups excluding carboxylic acids is 1. The maximum Gasteiger partial charge on any atom is 0.265 e. The van der Waals surface area contributed by atoms with Crippen LogP contribution in [0.5, 0.6) is 5.75 Å². The smallest absolute Gasteiger partial charge is 0.265 e. The van der Waals surface area contributed by atoms with Gasteiger partial charge in [0.1, 0.15) is 5.75 Å². The summed E-state index contributed by atoms with van der Waals surface area (Å²) in [6.45, 7) is 3.77. The van der Waals surface area contributed by atoms with Gasteiger partial charge in [-0.25, -0.2) is 8.42 Å². The van der Waals surface area contributed by atoms with Crippen LogP contribution in [0.2, 0.25) is 0 Å². The molecule has 1 unspecified atom stereocenters. The number of sulfonamides is 1. The first-order chi connectivity index (χ1) is 12.4. The number of carbonyl (C=O) groups is 1. The number of hydrogen-bond acceptors (Lipinski definition) is 4. The second kappa shape index (κ2) is 7.37. The van der Waals surface area contributed by atoms with Crippen molar-refractivity contribution in [3.8, 4) is 5.75 Å². The molecule has 26 heavy (non-hydrogen) atoms. The van der Waals surface area contributed by atoms with E-state index in [1.165, 1.54) is 17.7 Å². The molecule has 0 saturated carbocycles. The average Bonchev–Trinajstić information content (AvgIpc) is 2.61. The van der Waals surface area contributed by atoms with Crippen LogP contribution in [0.15, 0.2) is 47.4 Å². The van der Waals surface area contributed by atoms with Gasteiger partial charge in [0.2, 0.25) is 0 Å². The number of ether oxygens (including phenoxy) is 1. The second-order valence-corrected chi connectivity index (χ2v) is 8.00. The Balaban J connectivity index is 1.78. The topological polar surface area (TPSA) is 84.5 Å². The highest BCUT2D eigenvalue weighted by Crippen LogP contribution is 2.32. The number of fused-ring (bicyclic) bond motifs is 1. The van der Waals surface area contributed by atoms with Gasteiger partial charge in [-0.3, -0.25) is 9.52 Å². The molecule has 1 aliphatic heterocycles. The van der Waals surface area contributed by atoms with Crippen LogP contribution in [0.1, 0.15) is 32.3 Å². The van der Waals surface area contributed by atoms with Crippen molar-refractivity contribution in [3.05, 3.63) is 48.0 Å². The number of anilines is 2. The molecule has 1 heterocycles. The number of rotatable bonds is 6. The fourth-order valence-corrected chi connectivity index (χ4v) is 3.77. The van der Waals surface area contributed by atoms with Gasteiger partial charge in [-0.1, -0.05) is 25.5 Å². The normalized spacial score (nSPS) is 16.4. The first-order valence-electron chi connectivity index (χ1n) is 8.62. The fraction of sp³-hybridized carbons (Fsp3) is 0.316. The summed E-state index contributed by atoms with van der Waals surface area (Å²) >= 11 is 0. The number of hydrogen-bond donors (Lipinski definition) is 2. The van der Waals surface area contributed by atoms with E-state index >= 15 is 0 Å². The summed E-state index contributed by atoms with van der Waals surface area (Å²) < 4.78 is 33.3. The Hall–Kier alpha value is -2.54. The predicted octanol–water partition coefficient (Wildman–Crippen LogP) is 3.55. The number of nitrogens with one attached hydrogen (secondary N) is 2. The Morgan fingerprint density at radius 2 is 1.88 bits per heavy atom. The van der Waals surface area contributed by atoms with Crippen LogP contribution in [0.25, 0.3) is 0 Å². The van der Waals surface area contributed by atoms with Crippen molar-refractivity contribution in [1.29, 1.82) is 0 Å². The van der Waals surface area contributed by atoms with Crippen LogP contribution >= 0.6 is 0 Å². The molecule has 0 saturated heterocycles. The van der Waals surface area contributed by atoms with Gasteiger partial charge < -0.3 is 10.1 Å². The van der Waals surface area contributed by atoms with E-state index in [9.17, 15) is 13.2 Å². The zero-order valence-electron chi connectivity index (χ0n) is 14.8. The van der Waals surface area contributed by atoms with Gasteiger partial charge in [-0.2, -0.15) is 0 Å². The van der Waals surface area contributed by atoms with Gasteiger partial charge in [-0.15, -0.1) is 0 Å². The third kappa shape index (κ3) is 3.99. The molecule has 0 fully saturated rings. The third-order valence-electron chi connectivity index (χ3n) is 4.22. The molecule has 1 atom stereocenters. The standard InChI is InChI=1S/C19H22N2O4S/c1-3-4-5-14-6-8-15(9-7-14)21-26(23,24)16-10-11-18-17(12-16)20-19(22)13(2)25-18/h6-13,21H,3-5H2,1-2H3,(H,20,22). The van der Waals surface area contributed by atoms with Gasteiger partial charge in [0.15, 0.2) is 6.10 Å². The first-order valence-corrected chi connectivity index (χ1v) is 10.1. The monoisotopic (exact) mass is 374 g/mol. The molecule has 1 amide bonds. The Morgan fingerprint density at radius 3 is 2.58 bits per heavy atom. The van der Waals surface area contributed by atoms with E-state index in [-0.39, 0.29) is 10.8 Å². The minimum atomic E-state index is -3.76. The lowest BCUT2D eigenvalue weighted by Crippen LogP contribution is -2.34. The molecule has 0 spiro atoms. The Morgan fingerprint density at radius 1 is 1.15 bits per heavy atom. The van der Waals surface area contributed by atoms with Crippen molar-refractivity contribution in [2.45, 2.75) is 44.1 Å². The summed E-state index contributed by atoms with van der Waals surface area (Å²) in [5.74, 6) is 0.152. The van der Waals surface area contributed by atoms with E-state index in [0.717, 1.165) is 19.3 Å². The summed E-state index contributed by atoms with van der Waals surface area (Å²) in [5.41, 5.74) is 2.03. The van der Waals surface area contributed by atoms with Gasteiger partial charge in [0.25, 0.3) is 15.9 Å². The number of benzene rings is 2. The molecule has 1 aliphatic rings. The minimum Gasteiger partial charge on any atom is -0.479 e. The Bertz CT molecular complexity index is 908. The lowest BCUT2D eigenvalue weighted by atomic mass is 10.1. The highest BCUT2D eigenvalue weighted by atomic mass is 32.2. The Labute approximate surface area is 153 Å². The summed E-state index contributed by atoms with van der Waals surface area (Å²) in [7, 11) is -3.76. The van der Waals surface area contributed by atoms with Gasteiger partial charge in [0, 0.05) is 5.69 Å². The van der Waals surface area contributed by atoms with E-state index in [1.807, 2.05) is 12.1 Å². The van der Waals surface area contributed by atoms with Crippen LogP contribution in [0.3, 0.4) is 0 Å². The third-order valence-corrected chi connectivity index (χ3v) is 5.60. The van der Waals surface area contributed by atoms with E-state index in [4.69, 9.17) is 4.74 Å². The van der Waals surface area contributed by atoms with E-state index in [0.29, 0.717) is 17.1 Å². The number of unbranched alkanes of at least 4 members (excludes halogenated alkanes) is 1. The number of aryl methyl sites for hydroxylation is 1. The van der Waals surface area contributed by atoms with Crippen LogP contribution in [0, 0.1) is 0 Å². The molecule has 0 bridgehead atoms. The van der Waals surface area contributed by atoms with Crippen LogP contribution < -0.4 is 14.8 Å². The zero-order valence-corrected chi connectivity index (χ0v) is 15.6. The molecule has 2 aromatic carbocycles. The van der Waals surface area contributed by atoms with E-state index in [1.54, 1.807) is 25.1 Å². The van der Waals surface area contributed by atoms with Crippen molar-refractivity contribution >= 4 is 27.3 Å². The molecule has 0 radical (unpaired) electrons. The maximum atomic E-state index is 12.6. The van der Waals surface area contributed by atoms with Crippen molar-refractivity contribution in [2.24, 2.45) is 0 Å². The summed E-state index contributed by atoms with van der Waals surface area (Å²) in [6, 6.07) is 11.8. The molecule has 3 rings (SSSR count). The fourth-order valence-electron chi connectivity index (χ4n) is 2.69. The summed E-state index contributed by atoms with van der Waals surface area (Å²) in [4.78, 5) is 11.8. The van der Waals surface area contributed by atoms with E-state index in [2.05, 4.69) is 17.0 Å². The van der Waals surface area contributed by atoms with E-state index < -0.39 is 16.1 Å². The molecule has 138 valence electrons. The second-order valence-electron chi connectivity index (χ2n) is 6.31. The highest BCUT2D eigenvalue weighted by Gasteiger charge is 2.25. The van der Waals surface area contributed by atoms with Crippen LogP contribution in [0.4, 0.5) is 11.4 Å². The van der Waals surface area contributed by atoms with Gasteiger partial charge in [0.05, 0.1) is 10.6 Å². The molecule has 2 aromatic rings. The molecule has 0 aliphatic carbocycles. The summed E-state index contributed by atoms with van der Waals surface area (Å²) in [6.07, 6.45) is 2.60. The zero-order chi connectivity index (χ0) is 18.7. The minimum absolute atomic E-state index is 0.0600. The van der Waals surface area contributed by atoms with Crippen LogP contribution in [-0.2, 0) is 21.2 Å². The van der Waals surface area contributed by atoms with Crippen molar-refractivity contribution in [3.63, 3.8) is 0 Å².